The first-order valence-corrected chi connectivity index (χ1v) is 13.9. The topological polar surface area (TPSA) is 129 Å². The van der Waals surface area contributed by atoms with Crippen molar-refractivity contribution in [3.63, 3.8) is 0 Å². The van der Waals surface area contributed by atoms with E-state index in [1.54, 1.807) is 37.1 Å². The van der Waals surface area contributed by atoms with Crippen LogP contribution in [-0.4, -0.2) is 90.7 Å². The van der Waals surface area contributed by atoms with Gasteiger partial charge in [-0.2, -0.15) is 5.10 Å². The Labute approximate surface area is 237 Å². The van der Waals surface area contributed by atoms with E-state index < -0.39 is 11.9 Å². The highest BCUT2D eigenvalue weighted by molar-refractivity contribution is 5.95. The van der Waals surface area contributed by atoms with Gasteiger partial charge in [0.25, 0.3) is 11.8 Å². The van der Waals surface area contributed by atoms with Crippen LogP contribution >= 0.6 is 0 Å². The molecule has 40 heavy (non-hydrogen) atoms. The molecule has 11 heteroatoms. The summed E-state index contributed by atoms with van der Waals surface area (Å²) in [5, 5.41) is 13.3. The van der Waals surface area contributed by atoms with Gasteiger partial charge in [0.2, 0.25) is 5.91 Å². The molecule has 0 saturated heterocycles. The lowest BCUT2D eigenvalue weighted by Gasteiger charge is -2.24. The number of hydrogen-bond acceptors (Lipinski definition) is 7. The minimum atomic E-state index is -0.683. The number of aromatic nitrogens is 2. The Morgan fingerprint density at radius 2 is 1.80 bits per heavy atom. The summed E-state index contributed by atoms with van der Waals surface area (Å²) in [5.74, 6) is -0.113. The zero-order valence-corrected chi connectivity index (χ0v) is 24.6. The second-order valence-corrected chi connectivity index (χ2v) is 11.3. The number of amides is 3. The van der Waals surface area contributed by atoms with Gasteiger partial charge in [-0.25, -0.2) is 0 Å². The smallest absolute Gasteiger partial charge is 0.258 e. The van der Waals surface area contributed by atoms with E-state index in [0.29, 0.717) is 36.7 Å². The van der Waals surface area contributed by atoms with Crippen LogP contribution in [0.1, 0.15) is 68.7 Å². The Balaban J connectivity index is 1.73. The lowest BCUT2D eigenvalue weighted by atomic mass is 9.92. The molecule has 3 amide bonds. The molecule has 1 aromatic heterocycles. The highest BCUT2D eigenvalue weighted by Gasteiger charge is 2.21. The van der Waals surface area contributed by atoms with Gasteiger partial charge in [-0.1, -0.05) is 20.8 Å². The van der Waals surface area contributed by atoms with Gasteiger partial charge in [0.05, 0.1) is 12.8 Å². The van der Waals surface area contributed by atoms with E-state index in [1.807, 2.05) is 0 Å². The molecule has 3 heterocycles. The number of carbonyl (C=O) groups excluding carboxylic acids is 3. The molecule has 0 aliphatic carbocycles. The summed E-state index contributed by atoms with van der Waals surface area (Å²) >= 11 is 0. The van der Waals surface area contributed by atoms with Crippen LogP contribution in [0, 0.1) is 0 Å². The molecule has 0 saturated carbocycles. The molecule has 2 bridgehead atoms. The average molecular weight is 557 g/mol. The number of rotatable bonds is 3. The summed E-state index contributed by atoms with van der Waals surface area (Å²) < 4.78 is 11.0. The Hall–Kier alpha value is -3.60. The van der Waals surface area contributed by atoms with Crippen LogP contribution in [-0.2, 0) is 21.5 Å². The number of carbonyl (C=O) groups is 3. The van der Waals surface area contributed by atoms with Crippen molar-refractivity contribution in [2.45, 2.75) is 65.0 Å². The number of ether oxygens (including phenoxy) is 2. The van der Waals surface area contributed by atoms with Crippen LogP contribution in [0.15, 0.2) is 24.3 Å². The highest BCUT2D eigenvalue weighted by atomic mass is 16.5. The van der Waals surface area contributed by atoms with Crippen LogP contribution in [0.25, 0.3) is 0 Å². The van der Waals surface area contributed by atoms with Crippen molar-refractivity contribution in [2.24, 2.45) is 0 Å². The monoisotopic (exact) mass is 556 g/mol. The largest absolute Gasteiger partial charge is 0.493 e. The van der Waals surface area contributed by atoms with Crippen LogP contribution in [0.3, 0.4) is 0 Å². The second kappa shape index (κ2) is 14.2. The summed E-state index contributed by atoms with van der Waals surface area (Å²) in [6.07, 6.45) is 2.49. The molecule has 0 fully saturated rings. The van der Waals surface area contributed by atoms with Gasteiger partial charge in [0, 0.05) is 49.9 Å². The number of benzene rings is 1. The van der Waals surface area contributed by atoms with Crippen molar-refractivity contribution in [1.82, 2.24) is 30.6 Å². The number of nitrogens with one attached hydrogen (secondary N) is 3. The summed E-state index contributed by atoms with van der Waals surface area (Å²) in [7, 11) is 3.23. The quantitative estimate of drug-likeness (QED) is 0.496. The molecule has 2 aliphatic rings. The Kier molecular flexibility index (Phi) is 10.9. The van der Waals surface area contributed by atoms with E-state index >= 15 is 0 Å². The molecule has 3 N–H and O–H groups in total. The average Bonchev–Trinajstić information content (AvgIpc) is 3.40. The predicted octanol–water partition coefficient (Wildman–Crippen LogP) is 2.47. The summed E-state index contributed by atoms with van der Waals surface area (Å²) in [4.78, 5) is 42.0. The SMILES string of the molecule is COc1cc2ccc1OCC(=O)N[C@@H](C)C(=O)N(C)CCCCN(Cc1cc(C(C)(C)C)n[nH]1)CCCNC2=O. The number of methoxy groups -OCH3 is 1. The normalized spacial score (nSPS) is 19.4. The Bertz CT molecular complexity index is 1160. The fourth-order valence-corrected chi connectivity index (χ4v) is 4.49. The first-order valence-electron chi connectivity index (χ1n) is 13.9. The minimum Gasteiger partial charge on any atom is -0.493 e. The van der Waals surface area contributed by atoms with Gasteiger partial charge in [-0.15, -0.1) is 0 Å². The molecular formula is C29H44N6O5. The van der Waals surface area contributed by atoms with Gasteiger partial charge < -0.3 is 25.0 Å². The summed E-state index contributed by atoms with van der Waals surface area (Å²) in [6, 6.07) is 6.25. The van der Waals surface area contributed by atoms with Crippen LogP contribution in [0.4, 0.5) is 0 Å². The Morgan fingerprint density at radius 1 is 1.07 bits per heavy atom. The number of nitrogens with zero attached hydrogens (tertiary/aromatic N) is 3. The molecule has 11 nitrogen and oxygen atoms in total. The van der Waals surface area contributed by atoms with Crippen LogP contribution in [0.5, 0.6) is 11.5 Å². The predicted molar refractivity (Wildman–Crippen MR) is 152 cm³/mol. The van der Waals surface area contributed by atoms with E-state index in [2.05, 4.69) is 52.6 Å². The fourth-order valence-electron chi connectivity index (χ4n) is 4.49. The molecule has 0 unspecified atom stereocenters. The number of likely N-dealkylation sites (N-methyl/N-ethyl adjacent to an activating group) is 1. The van der Waals surface area contributed by atoms with E-state index in [-0.39, 0.29) is 23.8 Å². The molecule has 0 radical (unpaired) electrons. The van der Waals surface area contributed by atoms with Crippen molar-refractivity contribution in [1.29, 1.82) is 0 Å². The summed E-state index contributed by atoms with van der Waals surface area (Å²) in [6.45, 7) is 11.2. The molecule has 2 aliphatic heterocycles. The maximum atomic E-state index is 12.8. The van der Waals surface area contributed by atoms with E-state index in [0.717, 1.165) is 43.7 Å². The molecule has 2 aromatic rings. The first kappa shape index (κ1) is 30.9. The molecule has 0 spiro atoms. The van der Waals surface area contributed by atoms with Crippen molar-refractivity contribution in [3.8, 4) is 11.5 Å². The number of fused-ring (bicyclic) bond motifs is 18. The highest BCUT2D eigenvalue weighted by Crippen LogP contribution is 2.28. The second-order valence-electron chi connectivity index (χ2n) is 11.3. The lowest BCUT2D eigenvalue weighted by Crippen LogP contribution is -2.47. The van der Waals surface area contributed by atoms with Crippen molar-refractivity contribution < 1.29 is 23.9 Å². The third-order valence-electron chi connectivity index (χ3n) is 6.86. The minimum absolute atomic E-state index is 0.0376. The van der Waals surface area contributed by atoms with Gasteiger partial charge in [0.1, 0.15) is 6.04 Å². The maximum Gasteiger partial charge on any atom is 0.258 e. The van der Waals surface area contributed by atoms with Crippen molar-refractivity contribution in [2.75, 3.05) is 46.9 Å². The maximum absolute atomic E-state index is 12.8. The van der Waals surface area contributed by atoms with Gasteiger partial charge in [-0.05, 0) is 57.0 Å². The number of aromatic amines is 1. The van der Waals surface area contributed by atoms with Crippen LogP contribution in [0.2, 0.25) is 0 Å². The summed E-state index contributed by atoms with van der Waals surface area (Å²) in [5.41, 5.74) is 2.47. The fraction of sp³-hybridized carbons (Fsp3) is 0.586. The molecule has 1 atom stereocenters. The lowest BCUT2D eigenvalue weighted by molar-refractivity contribution is -0.135. The molecular weight excluding hydrogens is 512 g/mol. The third-order valence-corrected chi connectivity index (χ3v) is 6.86. The van der Waals surface area contributed by atoms with Gasteiger partial charge in [0.15, 0.2) is 18.1 Å². The van der Waals surface area contributed by atoms with Gasteiger partial charge in [-0.3, -0.25) is 24.4 Å². The zero-order valence-electron chi connectivity index (χ0n) is 24.6. The van der Waals surface area contributed by atoms with E-state index in [1.165, 1.54) is 7.11 Å². The standard InChI is InChI=1S/C29H44N6O5/c1-20-28(38)34(5)13-7-8-14-35(18-22-17-25(33-32-22)29(2,3)4)15-9-12-30-27(37)21-10-11-23(24(16-21)39-6)40-19-26(36)31-20/h10-11,16-17,20H,7-9,12-15,18-19H2,1-6H3,(H,30,37)(H,31,36)(H,32,33)/t20-/m0/s1. The molecule has 220 valence electrons. The number of H-pyrrole nitrogens is 1. The molecule has 4 rings (SSSR count). The van der Waals surface area contributed by atoms with Crippen molar-refractivity contribution >= 4 is 17.7 Å². The van der Waals surface area contributed by atoms with Crippen molar-refractivity contribution in [3.05, 3.63) is 41.2 Å². The first-order chi connectivity index (χ1) is 19.0. The van der Waals surface area contributed by atoms with E-state index in [4.69, 9.17) is 9.47 Å². The van der Waals surface area contributed by atoms with Gasteiger partial charge >= 0.3 is 0 Å². The van der Waals surface area contributed by atoms with Crippen LogP contribution < -0.4 is 20.1 Å². The Morgan fingerprint density at radius 3 is 2.50 bits per heavy atom. The zero-order chi connectivity index (χ0) is 29.3. The molecule has 1 aromatic carbocycles. The number of hydrogen-bond donors (Lipinski definition) is 3. The van der Waals surface area contributed by atoms with E-state index in [9.17, 15) is 14.4 Å². The third kappa shape index (κ3) is 8.97.